The van der Waals surface area contributed by atoms with E-state index in [4.69, 9.17) is 9.47 Å². The lowest BCUT2D eigenvalue weighted by Crippen LogP contribution is -2.33. The molecule has 4 nitrogen and oxygen atoms in total. The highest BCUT2D eigenvalue weighted by Gasteiger charge is 2.17. The maximum atomic E-state index is 12.4. The SMILES string of the molecule is COc1ccc([C@H](CC(C)C)NC(=O)COc2cc(C)ccc2C)cc1. The third-order valence-corrected chi connectivity index (χ3v) is 4.26. The molecular formula is C22H29NO3. The maximum Gasteiger partial charge on any atom is 0.258 e. The van der Waals surface area contributed by atoms with Gasteiger partial charge in [-0.15, -0.1) is 0 Å². The molecule has 0 bridgehead atoms. The first-order valence-corrected chi connectivity index (χ1v) is 9.02. The van der Waals surface area contributed by atoms with Gasteiger partial charge in [0.2, 0.25) is 0 Å². The van der Waals surface area contributed by atoms with Crippen molar-refractivity contribution in [1.82, 2.24) is 5.32 Å². The standard InChI is InChI=1S/C22H29NO3/c1-15(2)12-20(18-8-10-19(25-5)11-9-18)23-22(24)14-26-21-13-16(3)6-7-17(21)4/h6-11,13,15,20H,12,14H2,1-5H3,(H,23,24)/t20-/m0/s1. The Balaban J connectivity index is 2.02. The Hall–Kier alpha value is -2.49. The van der Waals surface area contributed by atoms with Gasteiger partial charge in [-0.25, -0.2) is 0 Å². The van der Waals surface area contributed by atoms with E-state index in [9.17, 15) is 4.79 Å². The third kappa shape index (κ3) is 5.80. The van der Waals surface area contributed by atoms with Crippen molar-refractivity contribution in [3.63, 3.8) is 0 Å². The van der Waals surface area contributed by atoms with Crippen LogP contribution < -0.4 is 14.8 Å². The molecule has 0 saturated carbocycles. The van der Waals surface area contributed by atoms with E-state index >= 15 is 0 Å². The normalized spacial score (nSPS) is 11.9. The van der Waals surface area contributed by atoms with Crippen LogP contribution in [0.2, 0.25) is 0 Å². The topological polar surface area (TPSA) is 47.6 Å². The number of rotatable bonds is 8. The molecule has 0 aliphatic carbocycles. The highest BCUT2D eigenvalue weighted by Crippen LogP contribution is 2.24. The van der Waals surface area contributed by atoms with Crippen LogP contribution in [0.5, 0.6) is 11.5 Å². The summed E-state index contributed by atoms with van der Waals surface area (Å²) >= 11 is 0. The Labute approximate surface area is 156 Å². The number of hydrogen-bond acceptors (Lipinski definition) is 3. The van der Waals surface area contributed by atoms with E-state index < -0.39 is 0 Å². The molecule has 0 fully saturated rings. The number of hydrogen-bond donors (Lipinski definition) is 1. The molecule has 0 aromatic heterocycles. The minimum Gasteiger partial charge on any atom is -0.497 e. The van der Waals surface area contributed by atoms with Crippen molar-refractivity contribution in [3.8, 4) is 11.5 Å². The molecule has 1 atom stereocenters. The second-order valence-electron chi connectivity index (χ2n) is 7.08. The van der Waals surface area contributed by atoms with E-state index in [0.29, 0.717) is 5.92 Å². The first-order chi connectivity index (χ1) is 12.4. The van der Waals surface area contributed by atoms with E-state index in [1.165, 1.54) is 0 Å². The molecule has 0 spiro atoms. The highest BCUT2D eigenvalue weighted by atomic mass is 16.5. The summed E-state index contributed by atoms with van der Waals surface area (Å²) in [6.07, 6.45) is 0.863. The van der Waals surface area contributed by atoms with Crippen molar-refractivity contribution in [2.45, 2.75) is 40.2 Å². The zero-order valence-electron chi connectivity index (χ0n) is 16.3. The Kier molecular flexibility index (Phi) is 7.07. The molecule has 0 aliphatic rings. The van der Waals surface area contributed by atoms with Crippen LogP contribution in [-0.4, -0.2) is 19.6 Å². The van der Waals surface area contributed by atoms with Crippen molar-refractivity contribution in [3.05, 3.63) is 59.2 Å². The van der Waals surface area contributed by atoms with Gasteiger partial charge in [-0.05, 0) is 61.1 Å². The molecule has 0 radical (unpaired) electrons. The van der Waals surface area contributed by atoms with E-state index in [0.717, 1.165) is 34.6 Å². The summed E-state index contributed by atoms with van der Waals surface area (Å²) in [4.78, 5) is 12.4. The Morgan fingerprint density at radius 1 is 1.08 bits per heavy atom. The van der Waals surface area contributed by atoms with Crippen molar-refractivity contribution in [2.24, 2.45) is 5.92 Å². The van der Waals surface area contributed by atoms with E-state index in [1.54, 1.807) is 7.11 Å². The Morgan fingerprint density at radius 2 is 1.77 bits per heavy atom. The van der Waals surface area contributed by atoms with Crippen LogP contribution in [0.15, 0.2) is 42.5 Å². The van der Waals surface area contributed by atoms with E-state index in [-0.39, 0.29) is 18.6 Å². The van der Waals surface area contributed by atoms with Crippen LogP contribution in [-0.2, 0) is 4.79 Å². The summed E-state index contributed by atoms with van der Waals surface area (Å²) in [7, 11) is 1.65. The van der Waals surface area contributed by atoms with Crippen LogP contribution in [0.3, 0.4) is 0 Å². The maximum absolute atomic E-state index is 12.4. The molecule has 1 N–H and O–H groups in total. The summed E-state index contributed by atoms with van der Waals surface area (Å²) in [6.45, 7) is 8.29. The van der Waals surface area contributed by atoms with Crippen molar-refractivity contribution in [1.29, 1.82) is 0 Å². The van der Waals surface area contributed by atoms with Gasteiger partial charge in [-0.1, -0.05) is 38.1 Å². The van der Waals surface area contributed by atoms with Crippen molar-refractivity contribution in [2.75, 3.05) is 13.7 Å². The second kappa shape index (κ2) is 9.27. The zero-order valence-corrected chi connectivity index (χ0v) is 16.3. The van der Waals surface area contributed by atoms with Crippen LogP contribution in [0.25, 0.3) is 0 Å². The highest BCUT2D eigenvalue weighted by molar-refractivity contribution is 5.78. The molecule has 2 aromatic carbocycles. The molecule has 0 heterocycles. The molecule has 140 valence electrons. The number of ether oxygens (including phenoxy) is 2. The lowest BCUT2D eigenvalue weighted by atomic mass is 9.97. The van der Waals surface area contributed by atoms with Crippen LogP contribution >= 0.6 is 0 Å². The van der Waals surface area contributed by atoms with Gasteiger partial charge in [0.05, 0.1) is 13.2 Å². The van der Waals surface area contributed by atoms with Gasteiger partial charge in [0.15, 0.2) is 6.61 Å². The largest absolute Gasteiger partial charge is 0.497 e. The number of aryl methyl sites for hydroxylation is 2. The molecule has 26 heavy (non-hydrogen) atoms. The summed E-state index contributed by atoms with van der Waals surface area (Å²) in [6, 6.07) is 13.8. The fraction of sp³-hybridized carbons (Fsp3) is 0.409. The number of amides is 1. The minimum atomic E-state index is -0.118. The fourth-order valence-electron chi connectivity index (χ4n) is 2.83. The van der Waals surface area contributed by atoms with Crippen molar-refractivity contribution < 1.29 is 14.3 Å². The minimum absolute atomic E-state index is 0.00897. The van der Waals surface area contributed by atoms with Gasteiger partial charge in [0.25, 0.3) is 5.91 Å². The summed E-state index contributed by atoms with van der Waals surface area (Å²) in [5.41, 5.74) is 3.21. The third-order valence-electron chi connectivity index (χ3n) is 4.26. The fourth-order valence-corrected chi connectivity index (χ4v) is 2.83. The van der Waals surface area contributed by atoms with Gasteiger partial charge in [-0.2, -0.15) is 0 Å². The van der Waals surface area contributed by atoms with Crippen LogP contribution in [0.1, 0.15) is 43.0 Å². The lowest BCUT2D eigenvalue weighted by molar-refractivity contribution is -0.124. The van der Waals surface area contributed by atoms with Gasteiger partial charge in [-0.3, -0.25) is 4.79 Å². The van der Waals surface area contributed by atoms with Crippen LogP contribution in [0, 0.1) is 19.8 Å². The molecule has 4 heteroatoms. The first-order valence-electron chi connectivity index (χ1n) is 9.02. The van der Waals surface area contributed by atoms with Gasteiger partial charge >= 0.3 is 0 Å². The number of carbonyl (C=O) groups is 1. The molecular weight excluding hydrogens is 326 g/mol. The predicted molar refractivity (Wildman–Crippen MR) is 105 cm³/mol. The Morgan fingerprint density at radius 3 is 2.38 bits per heavy atom. The lowest BCUT2D eigenvalue weighted by Gasteiger charge is -2.21. The predicted octanol–water partition coefficient (Wildman–Crippen LogP) is 4.59. The monoisotopic (exact) mass is 355 g/mol. The quantitative estimate of drug-likeness (QED) is 0.753. The molecule has 2 aromatic rings. The van der Waals surface area contributed by atoms with Gasteiger partial charge in [0.1, 0.15) is 11.5 Å². The average Bonchev–Trinajstić information content (AvgIpc) is 2.61. The smallest absolute Gasteiger partial charge is 0.258 e. The van der Waals surface area contributed by atoms with E-state index in [2.05, 4.69) is 19.2 Å². The molecule has 0 unspecified atom stereocenters. The first kappa shape index (κ1) is 19.8. The summed E-state index contributed by atoms with van der Waals surface area (Å²) in [5.74, 6) is 1.90. The number of benzene rings is 2. The molecule has 2 rings (SSSR count). The molecule has 1 amide bonds. The van der Waals surface area contributed by atoms with Crippen LogP contribution in [0.4, 0.5) is 0 Å². The van der Waals surface area contributed by atoms with Crippen molar-refractivity contribution >= 4 is 5.91 Å². The second-order valence-corrected chi connectivity index (χ2v) is 7.08. The number of methoxy groups -OCH3 is 1. The van der Waals surface area contributed by atoms with Gasteiger partial charge in [0, 0.05) is 0 Å². The summed E-state index contributed by atoms with van der Waals surface area (Å²) < 4.78 is 10.9. The molecule has 0 saturated heterocycles. The summed E-state index contributed by atoms with van der Waals surface area (Å²) in [5, 5.41) is 3.10. The number of carbonyl (C=O) groups excluding carboxylic acids is 1. The van der Waals surface area contributed by atoms with Gasteiger partial charge < -0.3 is 14.8 Å². The average molecular weight is 355 g/mol. The molecule has 0 aliphatic heterocycles. The Bertz CT molecular complexity index is 723. The zero-order chi connectivity index (χ0) is 19.1. The van der Waals surface area contributed by atoms with E-state index in [1.807, 2.05) is 56.3 Å². The number of nitrogens with one attached hydrogen (secondary N) is 1.